The number of carbonyl (C=O) groups is 2. The molecule has 2 aromatic carbocycles. The molecule has 0 unspecified atom stereocenters. The van der Waals surface area contributed by atoms with E-state index in [-0.39, 0.29) is 17.7 Å². The number of hydrogen-bond acceptors (Lipinski definition) is 3. The number of anilines is 1. The average molecular weight is 392 g/mol. The molecule has 29 heavy (non-hydrogen) atoms. The van der Waals surface area contributed by atoms with Crippen LogP contribution in [-0.2, 0) is 11.3 Å². The molecule has 1 saturated heterocycles. The van der Waals surface area contributed by atoms with Gasteiger partial charge in [-0.3, -0.25) is 9.59 Å². The zero-order valence-electron chi connectivity index (χ0n) is 17.0. The smallest absolute Gasteiger partial charge is 0.254 e. The number of likely N-dealkylation sites (tertiary alicyclic amines) is 1. The highest BCUT2D eigenvalue weighted by atomic mass is 16.2. The van der Waals surface area contributed by atoms with E-state index in [0.717, 1.165) is 31.2 Å². The van der Waals surface area contributed by atoms with E-state index in [1.165, 1.54) is 5.56 Å². The summed E-state index contributed by atoms with van der Waals surface area (Å²) in [5.74, 6) is 0.276. The molecule has 1 saturated carbocycles. The second-order valence-corrected chi connectivity index (χ2v) is 8.32. The molecule has 4 rings (SSSR count). The summed E-state index contributed by atoms with van der Waals surface area (Å²) in [6.07, 6.45) is 3.66. The lowest BCUT2D eigenvalue weighted by Gasteiger charge is -2.34. The largest absolute Gasteiger partial charge is 0.399 e. The number of hydrogen-bond donors (Lipinski definition) is 1. The fourth-order valence-electron chi connectivity index (χ4n) is 4.16. The lowest BCUT2D eigenvalue weighted by atomic mass is 9.94. The first-order valence-corrected chi connectivity index (χ1v) is 10.5. The van der Waals surface area contributed by atoms with Crippen LogP contribution >= 0.6 is 0 Å². The predicted octanol–water partition coefficient (Wildman–Crippen LogP) is 3.62. The maximum absolute atomic E-state index is 13.2. The fourth-order valence-corrected chi connectivity index (χ4v) is 4.16. The third kappa shape index (κ3) is 4.44. The first kappa shape index (κ1) is 19.5. The highest BCUT2D eigenvalue weighted by Crippen LogP contribution is 2.32. The number of benzene rings is 2. The van der Waals surface area contributed by atoms with Gasteiger partial charge in [0, 0.05) is 42.8 Å². The Hall–Kier alpha value is -2.82. The first-order chi connectivity index (χ1) is 14.0. The number of nitrogen functional groups attached to an aromatic ring is 1. The minimum atomic E-state index is 0.00491. The van der Waals surface area contributed by atoms with E-state index in [9.17, 15) is 9.59 Å². The average Bonchev–Trinajstić information content (AvgIpc) is 3.59. The van der Waals surface area contributed by atoms with E-state index in [0.29, 0.717) is 36.9 Å². The molecule has 2 aliphatic rings. The van der Waals surface area contributed by atoms with E-state index in [4.69, 9.17) is 5.73 Å². The van der Waals surface area contributed by atoms with Crippen LogP contribution in [0.2, 0.25) is 0 Å². The molecule has 5 heteroatoms. The van der Waals surface area contributed by atoms with Gasteiger partial charge in [-0.25, -0.2) is 0 Å². The van der Waals surface area contributed by atoms with Crippen LogP contribution < -0.4 is 5.73 Å². The van der Waals surface area contributed by atoms with Crippen molar-refractivity contribution in [1.82, 2.24) is 9.80 Å². The van der Waals surface area contributed by atoms with Crippen molar-refractivity contribution in [3.63, 3.8) is 0 Å². The quantitative estimate of drug-likeness (QED) is 0.792. The molecule has 0 radical (unpaired) electrons. The Morgan fingerprint density at radius 1 is 1.03 bits per heavy atom. The Labute approximate surface area is 172 Å². The Balaban J connectivity index is 1.38. The number of piperidine rings is 1. The maximum atomic E-state index is 13.2. The number of aryl methyl sites for hydroxylation is 1. The van der Waals surface area contributed by atoms with E-state index >= 15 is 0 Å². The molecular formula is C24H29N3O2. The van der Waals surface area contributed by atoms with Crippen molar-refractivity contribution in [3.8, 4) is 0 Å². The molecule has 1 heterocycles. The molecular weight excluding hydrogens is 362 g/mol. The Morgan fingerprint density at radius 2 is 1.72 bits per heavy atom. The van der Waals surface area contributed by atoms with Gasteiger partial charge < -0.3 is 15.5 Å². The van der Waals surface area contributed by atoms with Crippen LogP contribution in [0.25, 0.3) is 0 Å². The van der Waals surface area contributed by atoms with Gasteiger partial charge in [-0.05, 0) is 55.9 Å². The van der Waals surface area contributed by atoms with Gasteiger partial charge in [0.1, 0.15) is 0 Å². The van der Waals surface area contributed by atoms with Crippen LogP contribution in [-0.4, -0.2) is 40.7 Å². The van der Waals surface area contributed by atoms with Gasteiger partial charge in [-0.1, -0.05) is 36.4 Å². The van der Waals surface area contributed by atoms with Crippen molar-refractivity contribution in [2.75, 3.05) is 18.8 Å². The molecule has 1 aliphatic heterocycles. The summed E-state index contributed by atoms with van der Waals surface area (Å²) in [6.45, 7) is 3.85. The number of amides is 2. The molecule has 2 aromatic rings. The molecule has 0 spiro atoms. The van der Waals surface area contributed by atoms with Gasteiger partial charge in [-0.2, -0.15) is 0 Å². The number of rotatable bonds is 5. The Morgan fingerprint density at radius 3 is 2.38 bits per heavy atom. The summed E-state index contributed by atoms with van der Waals surface area (Å²) < 4.78 is 0. The third-order valence-electron chi connectivity index (χ3n) is 6.09. The molecule has 1 aliphatic carbocycles. The minimum Gasteiger partial charge on any atom is -0.399 e. The summed E-state index contributed by atoms with van der Waals surface area (Å²) >= 11 is 0. The molecule has 0 atom stereocenters. The normalized spacial score (nSPS) is 17.2. The predicted molar refractivity (Wildman–Crippen MR) is 114 cm³/mol. The van der Waals surface area contributed by atoms with Crippen molar-refractivity contribution >= 4 is 17.5 Å². The Bertz CT molecular complexity index is 884. The first-order valence-electron chi connectivity index (χ1n) is 10.5. The van der Waals surface area contributed by atoms with Gasteiger partial charge >= 0.3 is 0 Å². The molecule has 0 bridgehead atoms. The number of carbonyl (C=O) groups excluding carboxylic acids is 2. The second kappa shape index (κ2) is 8.27. The zero-order chi connectivity index (χ0) is 20.4. The van der Waals surface area contributed by atoms with E-state index in [1.807, 2.05) is 42.2 Å². The molecule has 5 nitrogen and oxygen atoms in total. The fraction of sp³-hybridized carbons (Fsp3) is 0.417. The van der Waals surface area contributed by atoms with Crippen LogP contribution in [0, 0.1) is 12.8 Å². The zero-order valence-corrected chi connectivity index (χ0v) is 17.0. The molecule has 152 valence electrons. The number of nitrogens with two attached hydrogens (primary N) is 1. The molecule has 0 aromatic heterocycles. The van der Waals surface area contributed by atoms with Gasteiger partial charge in [0.05, 0.1) is 0 Å². The molecule has 2 fully saturated rings. The highest BCUT2D eigenvalue weighted by Gasteiger charge is 2.37. The van der Waals surface area contributed by atoms with Crippen LogP contribution in [0.1, 0.15) is 47.2 Å². The van der Waals surface area contributed by atoms with Gasteiger partial charge in [-0.15, -0.1) is 0 Å². The van der Waals surface area contributed by atoms with Gasteiger partial charge in [0.2, 0.25) is 5.91 Å². The maximum Gasteiger partial charge on any atom is 0.254 e. The SMILES string of the molecule is Cc1ccc(N)cc1C(=O)N1CCC(C(=O)N(Cc2ccccc2)C2CC2)CC1. The summed E-state index contributed by atoms with van der Waals surface area (Å²) in [5, 5.41) is 0. The van der Waals surface area contributed by atoms with Crippen molar-refractivity contribution in [2.45, 2.75) is 45.2 Å². The van der Waals surface area contributed by atoms with Crippen molar-refractivity contribution in [3.05, 3.63) is 65.2 Å². The standard InChI is InChI=1S/C24H29N3O2/c1-17-7-8-20(25)15-22(17)24(29)26-13-11-19(12-14-26)23(28)27(21-9-10-21)16-18-5-3-2-4-6-18/h2-8,15,19,21H,9-14,16,25H2,1H3. The lowest BCUT2D eigenvalue weighted by molar-refractivity contribution is -0.138. The summed E-state index contributed by atoms with van der Waals surface area (Å²) in [4.78, 5) is 30.1. The second-order valence-electron chi connectivity index (χ2n) is 8.32. The summed E-state index contributed by atoms with van der Waals surface area (Å²) in [6, 6.07) is 16.0. The van der Waals surface area contributed by atoms with Crippen LogP contribution in [0.15, 0.2) is 48.5 Å². The summed E-state index contributed by atoms with van der Waals surface area (Å²) in [7, 11) is 0. The van der Waals surface area contributed by atoms with Crippen LogP contribution in [0.4, 0.5) is 5.69 Å². The topological polar surface area (TPSA) is 66.6 Å². The monoisotopic (exact) mass is 391 g/mol. The summed E-state index contributed by atoms with van der Waals surface area (Å²) in [5.41, 5.74) is 9.25. The third-order valence-corrected chi connectivity index (χ3v) is 6.09. The van der Waals surface area contributed by atoms with Crippen LogP contribution in [0.3, 0.4) is 0 Å². The molecule has 2 N–H and O–H groups in total. The number of nitrogens with zero attached hydrogens (tertiary/aromatic N) is 2. The van der Waals surface area contributed by atoms with Gasteiger partial charge in [0.15, 0.2) is 0 Å². The lowest BCUT2D eigenvalue weighted by Crippen LogP contribution is -2.45. The van der Waals surface area contributed by atoms with Crippen molar-refractivity contribution in [1.29, 1.82) is 0 Å². The minimum absolute atomic E-state index is 0.00491. The molecule has 2 amide bonds. The highest BCUT2D eigenvalue weighted by molar-refractivity contribution is 5.96. The van der Waals surface area contributed by atoms with Gasteiger partial charge in [0.25, 0.3) is 5.91 Å². The van der Waals surface area contributed by atoms with E-state index < -0.39 is 0 Å². The van der Waals surface area contributed by atoms with E-state index in [2.05, 4.69) is 17.0 Å². The van der Waals surface area contributed by atoms with Crippen LogP contribution in [0.5, 0.6) is 0 Å². The van der Waals surface area contributed by atoms with E-state index in [1.54, 1.807) is 6.07 Å². The Kier molecular flexibility index (Phi) is 5.56. The van der Waals surface area contributed by atoms with Crippen molar-refractivity contribution in [2.24, 2.45) is 5.92 Å². The van der Waals surface area contributed by atoms with Crippen molar-refractivity contribution < 1.29 is 9.59 Å².